The van der Waals surface area contributed by atoms with Crippen LogP contribution < -0.4 is 0 Å². The van der Waals surface area contributed by atoms with E-state index in [1.807, 2.05) is 41.2 Å². The largest absolute Gasteiger partial charge is 0.298 e. The molecule has 0 saturated carbocycles. The van der Waals surface area contributed by atoms with Gasteiger partial charge in [0.05, 0.1) is 10.9 Å². The van der Waals surface area contributed by atoms with Crippen LogP contribution in [0.4, 0.5) is 0 Å². The Labute approximate surface area is 111 Å². The molecule has 0 N–H and O–H groups in total. The maximum absolute atomic E-state index is 12.2. The fourth-order valence-corrected chi connectivity index (χ4v) is 4.63. The molecule has 1 saturated heterocycles. The molecule has 1 aliphatic heterocycles. The van der Waals surface area contributed by atoms with Crippen LogP contribution in [0.15, 0.2) is 6.07 Å². The quantitative estimate of drug-likeness (QED) is 0.840. The molecule has 1 aromatic rings. The van der Waals surface area contributed by atoms with Crippen molar-refractivity contribution in [3.05, 3.63) is 17.5 Å². The Morgan fingerprint density at radius 3 is 3.06 bits per heavy atom. The summed E-state index contributed by atoms with van der Waals surface area (Å²) in [6.07, 6.45) is 0.535. The number of rotatable bonds is 4. The van der Waals surface area contributed by atoms with Gasteiger partial charge in [-0.3, -0.25) is 9.48 Å². The van der Waals surface area contributed by atoms with Crippen LogP contribution in [0, 0.1) is 6.92 Å². The Kier molecular flexibility index (Phi) is 4.56. The smallest absolute Gasteiger partial charge is 0.152 e. The molecular formula is C12H18N2OS2. The van der Waals surface area contributed by atoms with Gasteiger partial charge >= 0.3 is 0 Å². The first-order valence-corrected chi connectivity index (χ1v) is 8.16. The van der Waals surface area contributed by atoms with Gasteiger partial charge in [0.2, 0.25) is 0 Å². The van der Waals surface area contributed by atoms with Crippen LogP contribution >= 0.6 is 23.5 Å². The van der Waals surface area contributed by atoms with Crippen molar-refractivity contribution in [3.63, 3.8) is 0 Å². The molecule has 0 bridgehead atoms. The first kappa shape index (κ1) is 13.0. The van der Waals surface area contributed by atoms with Crippen LogP contribution in [0.1, 0.15) is 18.3 Å². The van der Waals surface area contributed by atoms with Gasteiger partial charge in [-0.25, -0.2) is 0 Å². The molecule has 1 fully saturated rings. The molecule has 1 atom stereocenters. The van der Waals surface area contributed by atoms with Gasteiger partial charge in [0.15, 0.2) is 5.78 Å². The normalized spacial score (nSPS) is 20.5. The molecule has 0 radical (unpaired) electrons. The second-order valence-corrected chi connectivity index (χ2v) is 6.63. The Hall–Kier alpha value is -0.420. The molecule has 2 rings (SSSR count). The number of aromatic nitrogens is 2. The van der Waals surface area contributed by atoms with Crippen molar-refractivity contribution >= 4 is 29.3 Å². The highest BCUT2D eigenvalue weighted by atomic mass is 32.2. The van der Waals surface area contributed by atoms with E-state index < -0.39 is 0 Å². The highest BCUT2D eigenvalue weighted by molar-refractivity contribution is 8.07. The summed E-state index contributed by atoms with van der Waals surface area (Å²) < 4.78 is 1.94. The number of thioether (sulfide) groups is 2. The zero-order valence-corrected chi connectivity index (χ0v) is 11.9. The maximum Gasteiger partial charge on any atom is 0.152 e. The lowest BCUT2D eigenvalue weighted by Crippen LogP contribution is -2.26. The Morgan fingerprint density at radius 1 is 1.59 bits per heavy atom. The summed E-state index contributed by atoms with van der Waals surface area (Å²) >= 11 is 3.70. The van der Waals surface area contributed by atoms with Gasteiger partial charge in [0.1, 0.15) is 0 Å². The summed E-state index contributed by atoms with van der Waals surface area (Å²) in [6.45, 7) is 4.87. The molecule has 1 aliphatic rings. The van der Waals surface area contributed by atoms with Crippen LogP contribution in [0.3, 0.4) is 0 Å². The Morgan fingerprint density at radius 2 is 2.41 bits per heavy atom. The van der Waals surface area contributed by atoms with Crippen LogP contribution in [-0.4, -0.2) is 38.1 Å². The first-order valence-electron chi connectivity index (χ1n) is 5.96. The predicted molar refractivity (Wildman–Crippen MR) is 74.9 cm³/mol. The van der Waals surface area contributed by atoms with Crippen molar-refractivity contribution in [1.82, 2.24) is 9.78 Å². The molecule has 0 aromatic carbocycles. The van der Waals surface area contributed by atoms with Crippen molar-refractivity contribution in [2.75, 3.05) is 17.3 Å². The van der Waals surface area contributed by atoms with Gasteiger partial charge in [0.25, 0.3) is 0 Å². The summed E-state index contributed by atoms with van der Waals surface area (Å²) in [6, 6.07) is 2.03. The second kappa shape index (κ2) is 5.96. The summed E-state index contributed by atoms with van der Waals surface area (Å²) in [5, 5.41) is 4.57. The summed E-state index contributed by atoms with van der Waals surface area (Å²) in [4.78, 5) is 12.2. The lowest BCUT2D eigenvalue weighted by molar-refractivity contribution is -0.117. The molecule has 0 amide bonds. The lowest BCUT2D eigenvalue weighted by Gasteiger charge is -2.19. The van der Waals surface area contributed by atoms with E-state index in [1.54, 1.807) is 0 Å². The molecule has 5 heteroatoms. The molecule has 0 aliphatic carbocycles. The van der Waals surface area contributed by atoms with E-state index in [0.29, 0.717) is 12.2 Å². The SMILES string of the molecule is CCn1nc(C)cc1CC(=O)C1CSCCS1. The average molecular weight is 270 g/mol. The van der Waals surface area contributed by atoms with E-state index >= 15 is 0 Å². The third kappa shape index (κ3) is 3.28. The topological polar surface area (TPSA) is 34.9 Å². The number of carbonyl (C=O) groups excluding carboxylic acids is 1. The van der Waals surface area contributed by atoms with Gasteiger partial charge in [-0.15, -0.1) is 11.8 Å². The van der Waals surface area contributed by atoms with Crippen LogP contribution in [0.5, 0.6) is 0 Å². The standard InChI is InChI=1S/C12H18N2OS2/c1-3-14-10(6-9(2)13-14)7-11(15)12-8-16-4-5-17-12/h6,12H,3-5,7-8H2,1-2H3. The molecular weight excluding hydrogens is 252 g/mol. The van der Waals surface area contributed by atoms with Gasteiger partial charge in [-0.2, -0.15) is 16.9 Å². The van der Waals surface area contributed by atoms with Crippen molar-refractivity contribution in [2.24, 2.45) is 0 Å². The van der Waals surface area contributed by atoms with Gasteiger partial charge in [0, 0.05) is 35.9 Å². The van der Waals surface area contributed by atoms with Gasteiger partial charge in [-0.1, -0.05) is 0 Å². The minimum absolute atomic E-state index is 0.189. The van der Waals surface area contributed by atoms with Crippen LogP contribution in [0.25, 0.3) is 0 Å². The summed E-state index contributed by atoms with van der Waals surface area (Å²) in [5.74, 6) is 3.62. The van der Waals surface area contributed by atoms with E-state index in [2.05, 4.69) is 12.0 Å². The summed E-state index contributed by atoms with van der Waals surface area (Å²) in [7, 11) is 0. The zero-order valence-electron chi connectivity index (χ0n) is 10.3. The van der Waals surface area contributed by atoms with Gasteiger partial charge < -0.3 is 0 Å². The van der Waals surface area contributed by atoms with E-state index in [9.17, 15) is 4.79 Å². The van der Waals surface area contributed by atoms with Crippen LogP contribution in [-0.2, 0) is 17.8 Å². The number of hydrogen-bond donors (Lipinski definition) is 0. The molecule has 3 nitrogen and oxygen atoms in total. The Balaban J connectivity index is 2.01. The highest BCUT2D eigenvalue weighted by Crippen LogP contribution is 2.25. The number of ketones is 1. The van der Waals surface area contributed by atoms with E-state index in [0.717, 1.165) is 29.4 Å². The van der Waals surface area contributed by atoms with E-state index in [1.165, 1.54) is 5.75 Å². The fraction of sp³-hybridized carbons (Fsp3) is 0.667. The van der Waals surface area contributed by atoms with Crippen molar-refractivity contribution in [1.29, 1.82) is 0 Å². The number of hydrogen-bond acceptors (Lipinski definition) is 4. The van der Waals surface area contributed by atoms with Crippen LogP contribution in [0.2, 0.25) is 0 Å². The summed E-state index contributed by atoms with van der Waals surface area (Å²) in [5.41, 5.74) is 2.06. The monoisotopic (exact) mass is 270 g/mol. The molecule has 94 valence electrons. The second-order valence-electron chi connectivity index (χ2n) is 4.17. The van der Waals surface area contributed by atoms with Crippen molar-refractivity contribution < 1.29 is 4.79 Å². The lowest BCUT2D eigenvalue weighted by atomic mass is 10.1. The van der Waals surface area contributed by atoms with Crippen molar-refractivity contribution in [3.8, 4) is 0 Å². The average Bonchev–Trinajstić information content (AvgIpc) is 2.70. The number of aryl methyl sites for hydroxylation is 2. The molecule has 1 aromatic heterocycles. The first-order chi connectivity index (χ1) is 8.20. The maximum atomic E-state index is 12.2. The third-order valence-corrected chi connectivity index (χ3v) is 5.62. The zero-order chi connectivity index (χ0) is 12.3. The van der Waals surface area contributed by atoms with E-state index in [4.69, 9.17) is 0 Å². The van der Waals surface area contributed by atoms with Gasteiger partial charge in [-0.05, 0) is 19.9 Å². The minimum atomic E-state index is 0.189. The molecule has 1 unspecified atom stereocenters. The Bertz CT molecular complexity index is 397. The number of carbonyl (C=O) groups is 1. The number of Topliss-reactive ketones (excluding diaryl/α,β-unsaturated/α-hetero) is 1. The minimum Gasteiger partial charge on any atom is -0.298 e. The van der Waals surface area contributed by atoms with Crippen molar-refractivity contribution in [2.45, 2.75) is 32.1 Å². The highest BCUT2D eigenvalue weighted by Gasteiger charge is 2.23. The number of nitrogens with zero attached hydrogens (tertiary/aromatic N) is 2. The third-order valence-electron chi connectivity index (χ3n) is 2.82. The molecule has 2 heterocycles. The molecule has 17 heavy (non-hydrogen) atoms. The fourth-order valence-electron chi connectivity index (χ4n) is 1.98. The predicted octanol–water partition coefficient (Wildman–Crippen LogP) is 2.17. The molecule has 0 spiro atoms. The van der Waals surface area contributed by atoms with E-state index in [-0.39, 0.29) is 5.25 Å².